The van der Waals surface area contributed by atoms with Gasteiger partial charge < -0.3 is 9.47 Å². The summed E-state index contributed by atoms with van der Waals surface area (Å²) in [6.07, 6.45) is 5.27. The van der Waals surface area contributed by atoms with Crippen molar-refractivity contribution in [3.05, 3.63) is 0 Å². The van der Waals surface area contributed by atoms with Crippen LogP contribution in [0.5, 0.6) is 0 Å². The van der Waals surface area contributed by atoms with E-state index in [1.807, 2.05) is 11.8 Å². The average Bonchev–Trinajstić information content (AvgIpc) is 3.08. The molecule has 2 aliphatic carbocycles. The van der Waals surface area contributed by atoms with Crippen molar-refractivity contribution in [2.24, 2.45) is 0 Å². The standard InChI is InChI=1S/C13H23NO3S/c1-16-7-8-18-11-5-6-13(9-11,12(15)17-2)14-10-3-4-10/h10-11,14H,3-9H2,1-2H3. The Morgan fingerprint density at radius 1 is 1.39 bits per heavy atom. The highest BCUT2D eigenvalue weighted by atomic mass is 32.2. The van der Waals surface area contributed by atoms with Crippen LogP contribution < -0.4 is 5.32 Å². The van der Waals surface area contributed by atoms with Crippen molar-refractivity contribution in [1.29, 1.82) is 0 Å². The maximum absolute atomic E-state index is 12.1. The van der Waals surface area contributed by atoms with Crippen LogP contribution in [0.3, 0.4) is 0 Å². The van der Waals surface area contributed by atoms with E-state index in [0.717, 1.165) is 31.6 Å². The molecular formula is C13H23NO3S. The van der Waals surface area contributed by atoms with Gasteiger partial charge in [0.25, 0.3) is 0 Å². The molecule has 0 aromatic heterocycles. The predicted octanol–water partition coefficient (Wildman–Crippen LogP) is 1.58. The maximum atomic E-state index is 12.1. The number of carbonyl (C=O) groups is 1. The van der Waals surface area contributed by atoms with E-state index in [0.29, 0.717) is 11.3 Å². The highest BCUT2D eigenvalue weighted by Gasteiger charge is 2.48. The summed E-state index contributed by atoms with van der Waals surface area (Å²) in [5, 5.41) is 4.07. The predicted molar refractivity (Wildman–Crippen MR) is 72.9 cm³/mol. The number of hydrogen-bond donors (Lipinski definition) is 1. The second kappa shape index (κ2) is 6.26. The van der Waals surface area contributed by atoms with E-state index in [1.54, 1.807) is 7.11 Å². The monoisotopic (exact) mass is 273 g/mol. The molecular weight excluding hydrogens is 250 g/mol. The summed E-state index contributed by atoms with van der Waals surface area (Å²) in [6, 6.07) is 0.534. The number of ether oxygens (including phenoxy) is 2. The third-order valence-corrected chi connectivity index (χ3v) is 5.02. The quantitative estimate of drug-likeness (QED) is 0.564. The zero-order chi connectivity index (χ0) is 13.0. The number of carbonyl (C=O) groups excluding carboxylic acids is 1. The van der Waals surface area contributed by atoms with Gasteiger partial charge in [-0.05, 0) is 32.1 Å². The first-order chi connectivity index (χ1) is 8.70. The fourth-order valence-electron chi connectivity index (χ4n) is 2.63. The van der Waals surface area contributed by atoms with Crippen molar-refractivity contribution in [3.63, 3.8) is 0 Å². The molecule has 2 saturated carbocycles. The number of esters is 1. The Morgan fingerprint density at radius 2 is 2.17 bits per heavy atom. The first-order valence-corrected chi connectivity index (χ1v) is 7.72. The van der Waals surface area contributed by atoms with E-state index in [-0.39, 0.29) is 5.97 Å². The SMILES string of the molecule is COCCSC1CCC(NC2CC2)(C(=O)OC)C1. The van der Waals surface area contributed by atoms with Crippen LogP contribution in [0.2, 0.25) is 0 Å². The van der Waals surface area contributed by atoms with E-state index >= 15 is 0 Å². The lowest BCUT2D eigenvalue weighted by Crippen LogP contribution is -2.52. The van der Waals surface area contributed by atoms with Gasteiger partial charge in [0.05, 0.1) is 13.7 Å². The Bertz CT molecular complexity index is 296. The summed E-state index contributed by atoms with van der Waals surface area (Å²) in [6.45, 7) is 0.780. The normalized spacial score (nSPS) is 31.6. The van der Waals surface area contributed by atoms with Crippen LogP contribution >= 0.6 is 11.8 Å². The molecule has 2 unspecified atom stereocenters. The molecule has 2 fully saturated rings. The number of nitrogens with one attached hydrogen (secondary N) is 1. The zero-order valence-corrected chi connectivity index (χ0v) is 12.1. The van der Waals surface area contributed by atoms with Crippen molar-refractivity contribution in [2.75, 3.05) is 26.6 Å². The Kier molecular flexibility index (Phi) is 4.92. The van der Waals surface area contributed by atoms with Gasteiger partial charge >= 0.3 is 5.97 Å². The summed E-state index contributed by atoms with van der Waals surface area (Å²) >= 11 is 1.91. The molecule has 1 N–H and O–H groups in total. The Hall–Kier alpha value is -0.260. The lowest BCUT2D eigenvalue weighted by molar-refractivity contribution is -0.148. The van der Waals surface area contributed by atoms with Crippen molar-refractivity contribution in [1.82, 2.24) is 5.32 Å². The van der Waals surface area contributed by atoms with Crippen LogP contribution in [0, 0.1) is 0 Å². The Labute approximate surface area is 113 Å². The van der Waals surface area contributed by atoms with Gasteiger partial charge in [-0.25, -0.2) is 0 Å². The lowest BCUT2D eigenvalue weighted by atomic mass is 9.97. The summed E-state index contributed by atoms with van der Waals surface area (Å²) in [7, 11) is 3.21. The molecule has 0 aromatic rings. The lowest BCUT2D eigenvalue weighted by Gasteiger charge is -2.27. The third kappa shape index (κ3) is 3.39. The van der Waals surface area contributed by atoms with Crippen LogP contribution in [0.4, 0.5) is 0 Å². The summed E-state index contributed by atoms with van der Waals surface area (Å²) in [4.78, 5) is 12.1. The van der Waals surface area contributed by atoms with Gasteiger partial charge in [0.2, 0.25) is 0 Å². The van der Waals surface area contributed by atoms with Crippen LogP contribution in [-0.4, -0.2) is 49.4 Å². The van der Waals surface area contributed by atoms with E-state index in [1.165, 1.54) is 20.0 Å². The smallest absolute Gasteiger partial charge is 0.326 e. The molecule has 0 radical (unpaired) electrons. The molecule has 0 aliphatic heterocycles. The van der Waals surface area contributed by atoms with E-state index < -0.39 is 5.54 Å². The van der Waals surface area contributed by atoms with Gasteiger partial charge in [0.1, 0.15) is 5.54 Å². The minimum absolute atomic E-state index is 0.0794. The molecule has 0 bridgehead atoms. The molecule has 0 amide bonds. The fourth-order valence-corrected chi connectivity index (χ4v) is 3.91. The van der Waals surface area contributed by atoms with Gasteiger partial charge in [-0.15, -0.1) is 0 Å². The largest absolute Gasteiger partial charge is 0.468 e. The highest BCUT2D eigenvalue weighted by Crippen LogP contribution is 2.40. The van der Waals surface area contributed by atoms with Gasteiger partial charge in [0, 0.05) is 24.2 Å². The molecule has 2 rings (SSSR count). The van der Waals surface area contributed by atoms with Crippen LogP contribution in [-0.2, 0) is 14.3 Å². The maximum Gasteiger partial charge on any atom is 0.326 e. The van der Waals surface area contributed by atoms with Gasteiger partial charge in [0.15, 0.2) is 0 Å². The minimum atomic E-state index is -0.416. The topological polar surface area (TPSA) is 47.6 Å². The van der Waals surface area contributed by atoms with Crippen molar-refractivity contribution in [2.45, 2.75) is 48.9 Å². The van der Waals surface area contributed by atoms with Crippen molar-refractivity contribution >= 4 is 17.7 Å². The molecule has 0 aromatic carbocycles. The summed E-state index contributed by atoms with van der Waals surface area (Å²) < 4.78 is 10.1. The second-order valence-electron chi connectivity index (χ2n) is 5.22. The first-order valence-electron chi connectivity index (χ1n) is 6.67. The fraction of sp³-hybridized carbons (Fsp3) is 0.923. The van der Waals surface area contributed by atoms with Crippen LogP contribution in [0.15, 0.2) is 0 Å². The van der Waals surface area contributed by atoms with E-state index in [9.17, 15) is 4.79 Å². The Balaban J connectivity index is 1.88. The zero-order valence-electron chi connectivity index (χ0n) is 11.2. The third-order valence-electron chi connectivity index (χ3n) is 3.74. The number of rotatable bonds is 7. The molecule has 0 heterocycles. The van der Waals surface area contributed by atoms with Gasteiger partial charge in [-0.1, -0.05) is 0 Å². The number of methoxy groups -OCH3 is 2. The molecule has 5 heteroatoms. The second-order valence-corrected chi connectivity index (χ2v) is 6.63. The minimum Gasteiger partial charge on any atom is -0.468 e. The van der Waals surface area contributed by atoms with Crippen LogP contribution in [0.1, 0.15) is 32.1 Å². The molecule has 18 heavy (non-hydrogen) atoms. The molecule has 2 atom stereocenters. The first kappa shape index (κ1) is 14.2. The number of hydrogen-bond acceptors (Lipinski definition) is 5. The molecule has 4 nitrogen and oxygen atoms in total. The van der Waals surface area contributed by atoms with Crippen LogP contribution in [0.25, 0.3) is 0 Å². The summed E-state index contributed by atoms with van der Waals surface area (Å²) in [5.74, 6) is 0.922. The number of thioether (sulfide) groups is 1. The van der Waals surface area contributed by atoms with Gasteiger partial charge in [-0.3, -0.25) is 10.1 Å². The molecule has 0 spiro atoms. The molecule has 0 saturated heterocycles. The summed E-state index contributed by atoms with van der Waals surface area (Å²) in [5.41, 5.74) is -0.416. The van der Waals surface area contributed by atoms with E-state index in [4.69, 9.17) is 9.47 Å². The highest BCUT2D eigenvalue weighted by molar-refractivity contribution is 7.99. The molecule has 2 aliphatic rings. The Morgan fingerprint density at radius 3 is 2.78 bits per heavy atom. The van der Waals surface area contributed by atoms with Crippen molar-refractivity contribution in [3.8, 4) is 0 Å². The van der Waals surface area contributed by atoms with Gasteiger partial charge in [-0.2, -0.15) is 11.8 Å². The molecule has 104 valence electrons. The van der Waals surface area contributed by atoms with Crippen molar-refractivity contribution < 1.29 is 14.3 Å². The average molecular weight is 273 g/mol. The van der Waals surface area contributed by atoms with E-state index in [2.05, 4.69) is 5.32 Å².